The van der Waals surface area contributed by atoms with Crippen LogP contribution in [0.1, 0.15) is 17.2 Å². The molecule has 0 spiro atoms. The number of anilines is 1. The van der Waals surface area contributed by atoms with Crippen LogP contribution < -0.4 is 20.3 Å². The van der Waals surface area contributed by atoms with Gasteiger partial charge in [0.05, 0.1) is 10.9 Å². The summed E-state index contributed by atoms with van der Waals surface area (Å²) in [6.07, 6.45) is 0. The van der Waals surface area contributed by atoms with Gasteiger partial charge in [-0.3, -0.25) is 0 Å². The minimum absolute atomic E-state index is 0.0668. The van der Waals surface area contributed by atoms with E-state index in [9.17, 15) is 13.2 Å². The van der Waals surface area contributed by atoms with E-state index in [1.165, 1.54) is 0 Å². The lowest BCUT2D eigenvalue weighted by Crippen LogP contribution is -2.41. The first-order valence-electron chi connectivity index (χ1n) is 11.8. The van der Waals surface area contributed by atoms with Crippen molar-refractivity contribution < 1.29 is 13.2 Å². The smallest absolute Gasteiger partial charge is 0.315 e. The number of nitrogens with zero attached hydrogens (tertiary/aromatic N) is 1. The number of amides is 2. The van der Waals surface area contributed by atoms with Crippen LogP contribution in [-0.4, -0.2) is 41.6 Å². The molecule has 2 amide bonds. The first-order chi connectivity index (χ1) is 17.4. The largest absolute Gasteiger partial charge is 0.377 e. The van der Waals surface area contributed by atoms with E-state index in [4.69, 9.17) is 0 Å². The van der Waals surface area contributed by atoms with E-state index in [-0.39, 0.29) is 30.1 Å². The zero-order valence-corrected chi connectivity index (χ0v) is 21.0. The van der Waals surface area contributed by atoms with Gasteiger partial charge in [-0.25, -0.2) is 17.9 Å². The highest BCUT2D eigenvalue weighted by molar-refractivity contribution is 7.89. The minimum atomic E-state index is -3.77. The summed E-state index contributed by atoms with van der Waals surface area (Å²) in [5.41, 5.74) is 5.25. The Hall–Kier alpha value is -3.88. The molecule has 7 nitrogen and oxygen atoms in total. The summed E-state index contributed by atoms with van der Waals surface area (Å²) in [4.78, 5) is 14.9. The third-order valence-electron chi connectivity index (χ3n) is 6.44. The summed E-state index contributed by atoms with van der Waals surface area (Å²) >= 11 is 0. The topological polar surface area (TPSA) is 90.5 Å². The highest BCUT2D eigenvalue weighted by Gasteiger charge is 2.29. The number of rotatable bonds is 7. The van der Waals surface area contributed by atoms with Gasteiger partial charge in [0.15, 0.2) is 0 Å². The van der Waals surface area contributed by atoms with Gasteiger partial charge in [-0.15, -0.1) is 0 Å². The van der Waals surface area contributed by atoms with Crippen molar-refractivity contribution >= 4 is 32.5 Å². The van der Waals surface area contributed by atoms with E-state index in [0.717, 1.165) is 33.3 Å². The maximum absolute atomic E-state index is 13.1. The maximum Gasteiger partial charge on any atom is 0.315 e. The average molecular weight is 501 g/mol. The molecule has 0 bridgehead atoms. The lowest BCUT2D eigenvalue weighted by molar-refractivity contribution is 0.239. The SMILES string of the molecule is CN(C)c1cccc2c(S(=O)(=O)NCCNC(=O)NC3c4ccccc4-c4ccccc43)cccc12. The Morgan fingerprint density at radius 2 is 1.39 bits per heavy atom. The Labute approximate surface area is 211 Å². The Bertz CT molecular complexity index is 1500. The number of hydrogen-bond acceptors (Lipinski definition) is 4. The molecule has 4 aromatic rings. The Balaban J connectivity index is 1.23. The van der Waals surface area contributed by atoms with Crippen LogP contribution in [0.25, 0.3) is 21.9 Å². The predicted octanol–water partition coefficient (Wildman–Crippen LogP) is 4.25. The van der Waals surface area contributed by atoms with Crippen LogP contribution in [0.3, 0.4) is 0 Å². The Morgan fingerprint density at radius 1 is 0.778 bits per heavy atom. The van der Waals surface area contributed by atoms with Crippen LogP contribution in [0.4, 0.5) is 10.5 Å². The van der Waals surface area contributed by atoms with Crippen LogP contribution >= 0.6 is 0 Å². The zero-order chi connectivity index (χ0) is 25.3. The molecule has 4 aromatic carbocycles. The summed E-state index contributed by atoms with van der Waals surface area (Å²) in [5.74, 6) is 0. The van der Waals surface area contributed by atoms with Gasteiger partial charge in [-0.1, -0.05) is 72.8 Å². The third kappa shape index (κ3) is 4.41. The number of carbonyl (C=O) groups excluding carboxylic acids is 1. The van der Waals surface area contributed by atoms with Gasteiger partial charge in [0.1, 0.15) is 0 Å². The van der Waals surface area contributed by atoms with Gasteiger partial charge in [0.2, 0.25) is 10.0 Å². The number of fused-ring (bicyclic) bond motifs is 4. The molecule has 0 heterocycles. The number of benzene rings is 4. The van der Waals surface area contributed by atoms with Crippen molar-refractivity contribution in [2.45, 2.75) is 10.9 Å². The monoisotopic (exact) mass is 500 g/mol. The molecule has 0 unspecified atom stereocenters. The van der Waals surface area contributed by atoms with Crippen LogP contribution in [0.5, 0.6) is 0 Å². The Morgan fingerprint density at radius 3 is 2.06 bits per heavy atom. The molecule has 0 saturated carbocycles. The molecule has 0 fully saturated rings. The van der Waals surface area contributed by atoms with Crippen LogP contribution in [0.15, 0.2) is 89.8 Å². The maximum atomic E-state index is 13.1. The summed E-state index contributed by atoms with van der Waals surface area (Å²) in [5, 5.41) is 7.32. The van der Waals surface area contributed by atoms with E-state index in [1.54, 1.807) is 18.2 Å². The van der Waals surface area contributed by atoms with Crippen molar-refractivity contribution in [3.63, 3.8) is 0 Å². The predicted molar refractivity (Wildman–Crippen MR) is 144 cm³/mol. The van der Waals surface area contributed by atoms with E-state index in [0.29, 0.717) is 5.39 Å². The summed E-state index contributed by atoms with van der Waals surface area (Å²) in [6.45, 7) is 0.214. The second-order valence-corrected chi connectivity index (χ2v) is 10.7. The molecule has 3 N–H and O–H groups in total. The second-order valence-electron chi connectivity index (χ2n) is 8.93. The quantitative estimate of drug-likeness (QED) is 0.331. The van der Waals surface area contributed by atoms with E-state index in [1.807, 2.05) is 73.6 Å². The van der Waals surface area contributed by atoms with Crippen molar-refractivity contribution in [3.05, 3.63) is 96.1 Å². The second kappa shape index (κ2) is 9.64. The average Bonchev–Trinajstić information content (AvgIpc) is 3.19. The van der Waals surface area contributed by atoms with Crippen molar-refractivity contribution in [2.75, 3.05) is 32.1 Å². The van der Waals surface area contributed by atoms with Crippen LogP contribution in [-0.2, 0) is 10.0 Å². The highest BCUT2D eigenvalue weighted by atomic mass is 32.2. The van der Waals surface area contributed by atoms with Gasteiger partial charge < -0.3 is 15.5 Å². The molecule has 0 aliphatic heterocycles. The lowest BCUT2D eigenvalue weighted by Gasteiger charge is -2.18. The summed E-state index contributed by atoms with van der Waals surface area (Å²) in [7, 11) is 0.0787. The number of nitrogens with one attached hydrogen (secondary N) is 3. The molecule has 184 valence electrons. The van der Waals surface area contributed by atoms with Gasteiger partial charge in [-0.05, 0) is 34.4 Å². The molecule has 0 radical (unpaired) electrons. The molecule has 1 aliphatic carbocycles. The molecule has 36 heavy (non-hydrogen) atoms. The fourth-order valence-corrected chi connectivity index (χ4v) is 6.07. The Kier molecular flexibility index (Phi) is 6.38. The van der Waals surface area contributed by atoms with Crippen molar-refractivity contribution in [2.24, 2.45) is 0 Å². The van der Waals surface area contributed by atoms with Crippen molar-refractivity contribution in [3.8, 4) is 11.1 Å². The van der Waals surface area contributed by atoms with Gasteiger partial charge in [0, 0.05) is 43.6 Å². The molecule has 8 heteroatoms. The summed E-state index contributed by atoms with van der Waals surface area (Å²) < 4.78 is 28.8. The highest BCUT2D eigenvalue weighted by Crippen LogP contribution is 2.42. The number of carbonyl (C=O) groups is 1. The first kappa shape index (κ1) is 23.8. The third-order valence-corrected chi connectivity index (χ3v) is 7.96. The summed E-state index contributed by atoms with van der Waals surface area (Å²) in [6, 6.07) is 26.3. The van der Waals surface area contributed by atoms with Gasteiger partial charge >= 0.3 is 6.03 Å². The van der Waals surface area contributed by atoms with E-state index < -0.39 is 10.0 Å². The molecule has 0 aromatic heterocycles. The van der Waals surface area contributed by atoms with E-state index in [2.05, 4.69) is 27.5 Å². The molecule has 0 saturated heterocycles. The zero-order valence-electron chi connectivity index (χ0n) is 20.2. The number of hydrogen-bond donors (Lipinski definition) is 3. The van der Waals surface area contributed by atoms with Gasteiger partial charge in [-0.2, -0.15) is 0 Å². The molecule has 0 atom stereocenters. The fraction of sp³-hybridized carbons (Fsp3) is 0.179. The first-order valence-corrected chi connectivity index (χ1v) is 13.3. The van der Waals surface area contributed by atoms with Crippen LogP contribution in [0.2, 0.25) is 0 Å². The lowest BCUT2D eigenvalue weighted by atomic mass is 10.1. The van der Waals surface area contributed by atoms with Gasteiger partial charge in [0.25, 0.3) is 0 Å². The molecule has 5 rings (SSSR count). The minimum Gasteiger partial charge on any atom is -0.377 e. The number of urea groups is 1. The molecule has 1 aliphatic rings. The molecular weight excluding hydrogens is 472 g/mol. The standard InChI is InChI=1S/C28H28N4O3S/c1-32(2)25-15-7-14-22-21(25)13-8-16-26(22)36(34,35)30-18-17-29-28(33)31-27-23-11-5-3-9-19(23)20-10-4-6-12-24(20)27/h3-16,27,30H,17-18H2,1-2H3,(H2,29,31,33). The van der Waals surface area contributed by atoms with E-state index >= 15 is 0 Å². The van der Waals surface area contributed by atoms with Crippen molar-refractivity contribution in [1.82, 2.24) is 15.4 Å². The fourth-order valence-electron chi connectivity index (χ4n) is 4.82. The number of sulfonamides is 1. The van der Waals surface area contributed by atoms with Crippen molar-refractivity contribution in [1.29, 1.82) is 0 Å². The normalized spacial score (nSPS) is 12.7. The molecular formula is C28H28N4O3S. The van der Waals surface area contributed by atoms with Crippen LogP contribution in [0, 0.1) is 0 Å².